The summed E-state index contributed by atoms with van der Waals surface area (Å²) in [5.41, 5.74) is 2.16. The first-order valence-electron chi connectivity index (χ1n) is 8.74. The number of carbonyl (C=O) groups excluding carboxylic acids is 2. The maximum Gasteiger partial charge on any atom is 0.258 e. The van der Waals surface area contributed by atoms with E-state index in [-0.39, 0.29) is 17.6 Å². The predicted octanol–water partition coefficient (Wildman–Crippen LogP) is 3.05. The molecule has 1 atom stereocenters. The number of benzene rings is 2. The third kappa shape index (κ3) is 3.27. The van der Waals surface area contributed by atoms with E-state index < -0.39 is 6.04 Å². The number of hydrogen-bond donors (Lipinski definition) is 1. The molecule has 28 heavy (non-hydrogen) atoms. The fourth-order valence-electron chi connectivity index (χ4n) is 3.04. The van der Waals surface area contributed by atoms with Crippen molar-refractivity contribution in [3.63, 3.8) is 0 Å². The van der Waals surface area contributed by atoms with E-state index in [0.717, 1.165) is 11.3 Å². The molecule has 0 aromatic heterocycles. The van der Waals surface area contributed by atoms with Crippen LogP contribution in [-0.2, 0) is 9.59 Å². The van der Waals surface area contributed by atoms with Crippen LogP contribution in [0, 0.1) is 0 Å². The number of para-hydroxylation sites is 3. The molecule has 1 N–H and O–H groups in total. The second-order valence-corrected chi connectivity index (χ2v) is 7.19. The zero-order chi connectivity index (χ0) is 19.7. The third-order valence-corrected chi connectivity index (χ3v) is 5.31. The molecule has 7 nitrogen and oxygen atoms in total. The third-order valence-electron chi connectivity index (χ3n) is 4.37. The number of hydrogen-bond acceptors (Lipinski definition) is 6. The van der Waals surface area contributed by atoms with Gasteiger partial charge in [0.25, 0.3) is 5.91 Å². The molecule has 2 aromatic rings. The SMILES string of the molecule is COc1ccccc1NC(=O)CSC1=Nc2ccccc2C2=NC(C)C(=O)N12. The monoisotopic (exact) mass is 394 g/mol. The minimum Gasteiger partial charge on any atom is -0.495 e. The number of rotatable bonds is 4. The molecular weight excluding hydrogens is 376 g/mol. The van der Waals surface area contributed by atoms with Gasteiger partial charge in [0.2, 0.25) is 5.91 Å². The minimum absolute atomic E-state index is 0.102. The summed E-state index contributed by atoms with van der Waals surface area (Å²) < 4.78 is 5.25. The summed E-state index contributed by atoms with van der Waals surface area (Å²) in [4.78, 5) is 35.6. The van der Waals surface area contributed by atoms with Crippen molar-refractivity contribution in [3.8, 4) is 5.75 Å². The summed E-state index contributed by atoms with van der Waals surface area (Å²) in [6.07, 6.45) is 0. The van der Waals surface area contributed by atoms with Gasteiger partial charge in [-0.3, -0.25) is 14.6 Å². The molecule has 0 bridgehead atoms. The number of thioether (sulfide) groups is 1. The van der Waals surface area contributed by atoms with Crippen LogP contribution in [0.15, 0.2) is 58.5 Å². The predicted molar refractivity (Wildman–Crippen MR) is 110 cm³/mol. The van der Waals surface area contributed by atoms with E-state index in [9.17, 15) is 9.59 Å². The Morgan fingerprint density at radius 3 is 2.79 bits per heavy atom. The largest absolute Gasteiger partial charge is 0.495 e. The van der Waals surface area contributed by atoms with Crippen molar-refractivity contribution in [3.05, 3.63) is 54.1 Å². The lowest BCUT2D eigenvalue weighted by molar-refractivity contribution is -0.124. The number of carbonyl (C=O) groups is 2. The molecule has 4 rings (SSSR count). The Hall–Kier alpha value is -3.13. The van der Waals surface area contributed by atoms with Crippen LogP contribution in [-0.4, -0.2) is 46.6 Å². The van der Waals surface area contributed by atoms with Gasteiger partial charge in [-0.25, -0.2) is 9.89 Å². The second kappa shape index (κ2) is 7.47. The molecule has 0 aliphatic carbocycles. The highest BCUT2D eigenvalue weighted by Crippen LogP contribution is 2.33. The van der Waals surface area contributed by atoms with E-state index in [2.05, 4.69) is 15.3 Å². The molecule has 2 aliphatic heterocycles. The van der Waals surface area contributed by atoms with Gasteiger partial charge in [0.05, 0.1) is 24.2 Å². The lowest BCUT2D eigenvalue weighted by Crippen LogP contribution is -2.41. The minimum atomic E-state index is -0.464. The molecule has 0 saturated carbocycles. The molecule has 2 aliphatic rings. The van der Waals surface area contributed by atoms with Gasteiger partial charge in [-0.2, -0.15) is 0 Å². The van der Waals surface area contributed by atoms with Crippen LogP contribution in [0.25, 0.3) is 0 Å². The van der Waals surface area contributed by atoms with Crippen LogP contribution in [0.3, 0.4) is 0 Å². The molecule has 0 fully saturated rings. The molecule has 0 radical (unpaired) electrons. The second-order valence-electron chi connectivity index (χ2n) is 6.25. The smallest absolute Gasteiger partial charge is 0.258 e. The van der Waals surface area contributed by atoms with E-state index in [1.807, 2.05) is 36.4 Å². The number of aliphatic imine (C=N–C) groups is 2. The van der Waals surface area contributed by atoms with E-state index in [1.165, 1.54) is 16.7 Å². The van der Waals surface area contributed by atoms with Crippen LogP contribution < -0.4 is 10.1 Å². The standard InChI is InChI=1S/C20H18N4O3S/c1-12-19(26)24-18(21-12)13-7-3-4-8-14(13)23-20(24)28-11-17(25)22-15-9-5-6-10-16(15)27-2/h3-10,12H,11H2,1-2H3,(H,22,25). The average Bonchev–Trinajstić information content (AvgIpc) is 3.01. The summed E-state index contributed by atoms with van der Waals surface area (Å²) in [5, 5.41) is 3.29. The number of methoxy groups -OCH3 is 1. The summed E-state index contributed by atoms with van der Waals surface area (Å²) in [5.74, 6) is 0.929. The van der Waals surface area contributed by atoms with Gasteiger partial charge in [-0.1, -0.05) is 36.0 Å². The van der Waals surface area contributed by atoms with Crippen LogP contribution in [0.4, 0.5) is 11.4 Å². The number of amidine groups is 2. The number of nitrogens with zero attached hydrogens (tertiary/aromatic N) is 3. The van der Waals surface area contributed by atoms with Gasteiger partial charge in [0.1, 0.15) is 17.6 Å². The lowest BCUT2D eigenvalue weighted by atomic mass is 10.1. The van der Waals surface area contributed by atoms with Crippen molar-refractivity contribution in [1.82, 2.24) is 4.90 Å². The Bertz CT molecular complexity index is 1020. The van der Waals surface area contributed by atoms with Gasteiger partial charge in [-0.05, 0) is 31.2 Å². The average molecular weight is 394 g/mol. The molecular formula is C20H18N4O3S. The fourth-order valence-corrected chi connectivity index (χ4v) is 3.84. The maximum absolute atomic E-state index is 12.6. The molecule has 8 heteroatoms. The fraction of sp³-hybridized carbons (Fsp3) is 0.200. The van der Waals surface area contributed by atoms with Crippen molar-refractivity contribution in [2.75, 3.05) is 18.2 Å². The first-order valence-corrected chi connectivity index (χ1v) is 9.72. The first-order chi connectivity index (χ1) is 13.6. The van der Waals surface area contributed by atoms with Crippen molar-refractivity contribution in [1.29, 1.82) is 0 Å². The van der Waals surface area contributed by atoms with Crippen molar-refractivity contribution >= 4 is 46.0 Å². The number of nitrogens with one attached hydrogen (secondary N) is 1. The van der Waals surface area contributed by atoms with E-state index in [1.54, 1.807) is 26.2 Å². The first kappa shape index (κ1) is 18.2. The van der Waals surface area contributed by atoms with Gasteiger partial charge in [0.15, 0.2) is 5.17 Å². The van der Waals surface area contributed by atoms with Crippen LogP contribution in [0.2, 0.25) is 0 Å². The molecule has 0 saturated heterocycles. The highest BCUT2D eigenvalue weighted by molar-refractivity contribution is 8.14. The zero-order valence-corrected chi connectivity index (χ0v) is 16.2. The Kier molecular flexibility index (Phi) is 4.87. The highest BCUT2D eigenvalue weighted by atomic mass is 32.2. The van der Waals surface area contributed by atoms with E-state index in [0.29, 0.717) is 22.4 Å². The highest BCUT2D eigenvalue weighted by Gasteiger charge is 2.39. The number of ether oxygens (including phenoxy) is 1. The molecule has 2 aromatic carbocycles. The molecule has 2 heterocycles. The Balaban J connectivity index is 1.53. The van der Waals surface area contributed by atoms with Crippen LogP contribution in [0.5, 0.6) is 5.75 Å². The zero-order valence-electron chi connectivity index (χ0n) is 15.4. The normalized spacial score (nSPS) is 17.4. The molecule has 142 valence electrons. The topological polar surface area (TPSA) is 83.4 Å². The van der Waals surface area contributed by atoms with Crippen molar-refractivity contribution in [2.24, 2.45) is 9.98 Å². The Morgan fingerprint density at radius 2 is 1.96 bits per heavy atom. The summed E-state index contributed by atoms with van der Waals surface area (Å²) in [7, 11) is 1.55. The number of fused-ring (bicyclic) bond motifs is 3. The van der Waals surface area contributed by atoms with Gasteiger partial charge < -0.3 is 10.1 Å². The van der Waals surface area contributed by atoms with Crippen molar-refractivity contribution in [2.45, 2.75) is 13.0 Å². The van der Waals surface area contributed by atoms with Crippen LogP contribution >= 0.6 is 11.8 Å². The van der Waals surface area contributed by atoms with Crippen LogP contribution in [0.1, 0.15) is 12.5 Å². The lowest BCUT2D eigenvalue weighted by Gasteiger charge is -2.25. The molecule has 0 spiro atoms. The maximum atomic E-state index is 12.6. The van der Waals surface area contributed by atoms with Gasteiger partial charge in [0, 0.05) is 5.56 Å². The summed E-state index contributed by atoms with van der Waals surface area (Å²) >= 11 is 1.21. The molecule has 1 unspecified atom stereocenters. The van der Waals surface area contributed by atoms with E-state index in [4.69, 9.17) is 4.74 Å². The van der Waals surface area contributed by atoms with Gasteiger partial charge >= 0.3 is 0 Å². The number of amides is 2. The Labute approximate surface area is 166 Å². The van der Waals surface area contributed by atoms with Crippen molar-refractivity contribution < 1.29 is 14.3 Å². The van der Waals surface area contributed by atoms with Gasteiger partial charge in [-0.15, -0.1) is 0 Å². The summed E-state index contributed by atoms with van der Waals surface area (Å²) in [6, 6.07) is 14.3. The summed E-state index contributed by atoms with van der Waals surface area (Å²) in [6.45, 7) is 1.76. The number of anilines is 1. The molecule has 2 amide bonds. The quantitative estimate of drug-likeness (QED) is 0.864. The Morgan fingerprint density at radius 1 is 1.21 bits per heavy atom. The van der Waals surface area contributed by atoms with E-state index >= 15 is 0 Å².